The Balaban J connectivity index is 2.04. The fourth-order valence-corrected chi connectivity index (χ4v) is 2.52. The first-order chi connectivity index (χ1) is 10.5. The van der Waals surface area contributed by atoms with Gasteiger partial charge < -0.3 is 15.5 Å². The van der Waals surface area contributed by atoms with Crippen molar-refractivity contribution in [3.8, 4) is 0 Å². The van der Waals surface area contributed by atoms with E-state index in [2.05, 4.69) is 5.32 Å². The number of benzene rings is 2. The van der Waals surface area contributed by atoms with Gasteiger partial charge in [-0.15, -0.1) is 0 Å². The van der Waals surface area contributed by atoms with E-state index < -0.39 is 17.5 Å². The molecule has 2 aromatic rings. The lowest BCUT2D eigenvalue weighted by molar-refractivity contribution is -0.132. The van der Waals surface area contributed by atoms with Gasteiger partial charge in [0.1, 0.15) is 0 Å². The number of hydrogen-bond acceptors (Lipinski definition) is 4. The van der Waals surface area contributed by atoms with Crippen LogP contribution < -0.4 is 5.32 Å². The minimum absolute atomic E-state index is 0.0229. The highest BCUT2D eigenvalue weighted by molar-refractivity contribution is 6.26. The minimum Gasteiger partial charge on any atom is -0.478 e. The van der Waals surface area contributed by atoms with Crippen LogP contribution in [-0.4, -0.2) is 22.0 Å². The highest BCUT2D eigenvalue weighted by Gasteiger charge is 2.45. The molecule has 0 fully saturated rings. The van der Waals surface area contributed by atoms with E-state index in [0.717, 1.165) is 0 Å². The molecule has 22 heavy (non-hydrogen) atoms. The molecule has 110 valence electrons. The van der Waals surface area contributed by atoms with Crippen molar-refractivity contribution in [2.24, 2.45) is 0 Å². The summed E-state index contributed by atoms with van der Waals surface area (Å²) in [5, 5.41) is 22.6. The highest BCUT2D eigenvalue weighted by atomic mass is 16.4. The molecule has 1 aliphatic rings. The summed E-state index contributed by atoms with van der Waals surface area (Å²) >= 11 is 0. The lowest BCUT2D eigenvalue weighted by Crippen LogP contribution is -2.43. The Kier molecular flexibility index (Phi) is 3.27. The van der Waals surface area contributed by atoms with Gasteiger partial charge in [0.2, 0.25) is 11.5 Å². The van der Waals surface area contributed by atoms with Gasteiger partial charge in [-0.05, 0) is 11.6 Å². The van der Waals surface area contributed by atoms with Gasteiger partial charge in [-0.3, -0.25) is 4.79 Å². The predicted octanol–water partition coefficient (Wildman–Crippen LogP) is 1.74. The van der Waals surface area contributed by atoms with Crippen LogP contribution in [0.1, 0.15) is 21.5 Å². The molecule has 0 radical (unpaired) electrons. The molecule has 5 nitrogen and oxygen atoms in total. The number of carbonyl (C=O) groups excluding carboxylic acids is 1. The van der Waals surface area contributed by atoms with Gasteiger partial charge in [0.25, 0.3) is 0 Å². The maximum atomic E-state index is 12.6. The van der Waals surface area contributed by atoms with E-state index in [1.54, 1.807) is 36.4 Å². The largest absolute Gasteiger partial charge is 0.478 e. The zero-order valence-electron chi connectivity index (χ0n) is 11.5. The maximum absolute atomic E-state index is 12.6. The zero-order chi connectivity index (χ0) is 15.7. The van der Waals surface area contributed by atoms with Crippen LogP contribution in [0.3, 0.4) is 0 Å². The Labute approximate surface area is 126 Å². The van der Waals surface area contributed by atoms with Crippen LogP contribution in [0, 0.1) is 0 Å². The number of carboxylic acids is 1. The molecule has 0 saturated heterocycles. The number of carbonyl (C=O) groups is 2. The number of aliphatic hydroxyl groups is 1. The third kappa shape index (κ3) is 2.08. The number of aromatic carboxylic acids is 1. The molecule has 2 aromatic carbocycles. The van der Waals surface area contributed by atoms with Crippen LogP contribution >= 0.6 is 0 Å². The van der Waals surface area contributed by atoms with E-state index in [-0.39, 0.29) is 11.1 Å². The standard InChI is InChI=1S/C17H13NO4/c19-15-13(11-6-2-1-3-7-11)10-18-17(15,22)14-9-5-4-8-12(14)16(20)21/h1-10,18,22H,(H,20,21). The van der Waals surface area contributed by atoms with Crippen LogP contribution in [0.25, 0.3) is 5.57 Å². The topological polar surface area (TPSA) is 86.6 Å². The summed E-state index contributed by atoms with van der Waals surface area (Å²) in [4.78, 5) is 23.9. The molecule has 0 amide bonds. The lowest BCUT2D eigenvalue weighted by Gasteiger charge is -2.24. The van der Waals surface area contributed by atoms with Gasteiger partial charge in [0.05, 0.1) is 5.56 Å². The van der Waals surface area contributed by atoms with E-state index in [4.69, 9.17) is 0 Å². The number of nitrogens with one attached hydrogen (secondary N) is 1. The van der Waals surface area contributed by atoms with Gasteiger partial charge in [0.15, 0.2) is 0 Å². The quantitative estimate of drug-likeness (QED) is 0.803. The smallest absolute Gasteiger partial charge is 0.336 e. The number of carboxylic acid groups (broad SMARTS) is 1. The van der Waals surface area contributed by atoms with E-state index >= 15 is 0 Å². The van der Waals surface area contributed by atoms with Crippen molar-refractivity contribution < 1.29 is 19.8 Å². The lowest BCUT2D eigenvalue weighted by atomic mass is 9.90. The molecule has 3 rings (SSSR count). The Morgan fingerprint density at radius 1 is 1.00 bits per heavy atom. The van der Waals surface area contributed by atoms with Crippen molar-refractivity contribution in [2.75, 3.05) is 0 Å². The molecular formula is C17H13NO4. The number of rotatable bonds is 3. The fourth-order valence-electron chi connectivity index (χ4n) is 2.52. The summed E-state index contributed by atoms with van der Waals surface area (Å²) in [5.74, 6) is -1.78. The van der Waals surface area contributed by atoms with Crippen molar-refractivity contribution in [3.05, 3.63) is 77.5 Å². The molecule has 0 bridgehead atoms. The molecule has 1 unspecified atom stereocenters. The molecule has 1 aliphatic heterocycles. The summed E-state index contributed by atoms with van der Waals surface area (Å²) in [6.45, 7) is 0. The van der Waals surface area contributed by atoms with E-state index in [1.807, 2.05) is 6.07 Å². The maximum Gasteiger partial charge on any atom is 0.336 e. The first-order valence-corrected chi connectivity index (χ1v) is 6.67. The first-order valence-electron chi connectivity index (χ1n) is 6.67. The Hall–Kier alpha value is -2.92. The third-order valence-electron chi connectivity index (χ3n) is 3.63. The molecular weight excluding hydrogens is 282 g/mol. The normalized spacial score (nSPS) is 20.4. The number of ketones is 1. The first kappa shape index (κ1) is 14.0. The van der Waals surface area contributed by atoms with Crippen molar-refractivity contribution in [2.45, 2.75) is 5.72 Å². The van der Waals surface area contributed by atoms with Crippen molar-refractivity contribution in [3.63, 3.8) is 0 Å². The number of hydrogen-bond donors (Lipinski definition) is 3. The number of Topliss-reactive ketones (excluding diaryl/α,β-unsaturated/α-hetero) is 1. The summed E-state index contributed by atoms with van der Waals surface area (Å²) in [6.07, 6.45) is 1.41. The van der Waals surface area contributed by atoms with E-state index in [0.29, 0.717) is 11.1 Å². The predicted molar refractivity (Wildman–Crippen MR) is 79.9 cm³/mol. The molecule has 0 aliphatic carbocycles. The monoisotopic (exact) mass is 295 g/mol. The molecule has 0 spiro atoms. The second-order valence-electron chi connectivity index (χ2n) is 4.96. The van der Waals surface area contributed by atoms with Crippen LogP contribution in [0.2, 0.25) is 0 Å². The van der Waals surface area contributed by atoms with Gasteiger partial charge >= 0.3 is 5.97 Å². The molecule has 0 aromatic heterocycles. The van der Waals surface area contributed by atoms with Crippen molar-refractivity contribution in [1.29, 1.82) is 0 Å². The van der Waals surface area contributed by atoms with Crippen LogP contribution in [0.4, 0.5) is 0 Å². The van der Waals surface area contributed by atoms with Gasteiger partial charge in [0, 0.05) is 17.3 Å². The summed E-state index contributed by atoms with van der Waals surface area (Å²) < 4.78 is 0. The van der Waals surface area contributed by atoms with Crippen molar-refractivity contribution >= 4 is 17.3 Å². The summed E-state index contributed by atoms with van der Waals surface area (Å²) in [6, 6.07) is 14.8. The average Bonchev–Trinajstić information content (AvgIpc) is 2.85. The van der Waals surface area contributed by atoms with Crippen LogP contribution in [0.15, 0.2) is 60.8 Å². The van der Waals surface area contributed by atoms with Gasteiger partial charge in [-0.25, -0.2) is 4.79 Å². The molecule has 3 N–H and O–H groups in total. The third-order valence-corrected chi connectivity index (χ3v) is 3.63. The molecule has 1 heterocycles. The molecule has 5 heteroatoms. The zero-order valence-corrected chi connectivity index (χ0v) is 11.5. The van der Waals surface area contributed by atoms with Crippen molar-refractivity contribution in [1.82, 2.24) is 5.32 Å². The Bertz CT molecular complexity index is 782. The van der Waals surface area contributed by atoms with Gasteiger partial charge in [-0.1, -0.05) is 48.5 Å². The summed E-state index contributed by atoms with van der Waals surface area (Å²) in [7, 11) is 0. The highest BCUT2D eigenvalue weighted by Crippen LogP contribution is 2.33. The second-order valence-corrected chi connectivity index (χ2v) is 4.96. The molecule has 0 saturated carbocycles. The summed E-state index contributed by atoms with van der Waals surface area (Å²) in [5.41, 5.74) is -1.20. The SMILES string of the molecule is O=C(O)c1ccccc1C1(O)NC=C(c2ccccc2)C1=O. The second kappa shape index (κ2) is 5.13. The Morgan fingerprint density at radius 3 is 2.32 bits per heavy atom. The van der Waals surface area contributed by atoms with Crippen LogP contribution in [0.5, 0.6) is 0 Å². The minimum atomic E-state index is -2.07. The van der Waals surface area contributed by atoms with E-state index in [1.165, 1.54) is 18.3 Å². The Morgan fingerprint density at radius 2 is 1.64 bits per heavy atom. The average molecular weight is 295 g/mol. The van der Waals surface area contributed by atoms with Crippen LogP contribution in [-0.2, 0) is 10.5 Å². The van der Waals surface area contributed by atoms with Gasteiger partial charge in [-0.2, -0.15) is 0 Å². The van der Waals surface area contributed by atoms with E-state index in [9.17, 15) is 19.8 Å². The molecule has 1 atom stereocenters. The fraction of sp³-hybridized carbons (Fsp3) is 0.0588.